The van der Waals surface area contributed by atoms with E-state index in [1.54, 1.807) is 11.0 Å². The summed E-state index contributed by atoms with van der Waals surface area (Å²) in [5.74, 6) is -0.692. The van der Waals surface area contributed by atoms with Crippen molar-refractivity contribution in [2.24, 2.45) is 11.3 Å². The summed E-state index contributed by atoms with van der Waals surface area (Å²) in [6.07, 6.45) is -0.541. The number of hydrogen-bond acceptors (Lipinski definition) is 5. The molecule has 3 fully saturated rings. The first-order chi connectivity index (χ1) is 16.3. The van der Waals surface area contributed by atoms with Gasteiger partial charge in [0, 0.05) is 30.4 Å². The molecule has 6 nitrogen and oxygen atoms in total. The van der Waals surface area contributed by atoms with E-state index in [4.69, 9.17) is 4.74 Å². The van der Waals surface area contributed by atoms with Crippen LogP contribution in [0.1, 0.15) is 28.9 Å². The van der Waals surface area contributed by atoms with Gasteiger partial charge in [-0.2, -0.15) is 13.2 Å². The van der Waals surface area contributed by atoms with Gasteiger partial charge in [-0.1, -0.05) is 12.1 Å². The summed E-state index contributed by atoms with van der Waals surface area (Å²) in [5, 5.41) is 0. The SMILES string of the molecule is O=C(c1cccc(F)c1-c1ncccn1)N1CC2CC23CC(Oc2cccc(C(F)(F)F)n2)C13. The molecule has 34 heavy (non-hydrogen) atoms. The number of pyridine rings is 1. The van der Waals surface area contributed by atoms with Crippen molar-refractivity contribution < 1.29 is 27.1 Å². The molecule has 3 heterocycles. The molecule has 174 valence electrons. The van der Waals surface area contributed by atoms with Gasteiger partial charge in [-0.05, 0) is 43.0 Å². The molecule has 1 spiro atoms. The Hall–Kier alpha value is -3.56. The molecule has 6 rings (SSSR count). The number of hydrogen-bond donors (Lipinski definition) is 0. The molecule has 4 unspecified atom stereocenters. The maximum absolute atomic E-state index is 14.8. The lowest BCUT2D eigenvalue weighted by molar-refractivity contribution is -0.141. The van der Waals surface area contributed by atoms with Crippen LogP contribution in [-0.4, -0.2) is 44.4 Å². The molecule has 1 amide bonds. The predicted molar refractivity (Wildman–Crippen MR) is 111 cm³/mol. The average molecular weight is 470 g/mol. The van der Waals surface area contributed by atoms with Crippen molar-refractivity contribution >= 4 is 5.91 Å². The third-order valence-electron chi connectivity index (χ3n) is 7.14. The third kappa shape index (κ3) is 3.15. The van der Waals surface area contributed by atoms with Crippen LogP contribution >= 0.6 is 0 Å². The number of carbonyl (C=O) groups excluding carboxylic acids is 1. The second kappa shape index (κ2) is 7.22. The quantitative estimate of drug-likeness (QED) is 0.530. The van der Waals surface area contributed by atoms with Gasteiger partial charge in [0.15, 0.2) is 5.82 Å². The Morgan fingerprint density at radius 2 is 1.82 bits per heavy atom. The van der Waals surface area contributed by atoms with Gasteiger partial charge in [0.2, 0.25) is 5.88 Å². The molecule has 0 bridgehead atoms. The van der Waals surface area contributed by atoms with Gasteiger partial charge in [0.05, 0.1) is 17.2 Å². The molecule has 0 radical (unpaired) electrons. The van der Waals surface area contributed by atoms with Crippen LogP contribution < -0.4 is 4.74 Å². The lowest BCUT2D eigenvalue weighted by atomic mass is 9.73. The van der Waals surface area contributed by atoms with Gasteiger partial charge in [-0.15, -0.1) is 0 Å². The van der Waals surface area contributed by atoms with Crippen LogP contribution in [0.4, 0.5) is 17.6 Å². The van der Waals surface area contributed by atoms with E-state index in [1.807, 2.05) is 0 Å². The van der Waals surface area contributed by atoms with Gasteiger partial charge in [-0.3, -0.25) is 4.79 Å². The average Bonchev–Trinajstić information content (AvgIpc) is 3.47. The highest BCUT2D eigenvalue weighted by atomic mass is 19.4. The molecule has 2 aromatic heterocycles. The van der Waals surface area contributed by atoms with E-state index in [0.29, 0.717) is 18.9 Å². The molecule has 1 saturated heterocycles. The Kier molecular flexibility index (Phi) is 4.46. The minimum Gasteiger partial charge on any atom is -0.472 e. The second-order valence-corrected chi connectivity index (χ2v) is 8.99. The fourth-order valence-electron chi connectivity index (χ4n) is 5.56. The zero-order valence-corrected chi connectivity index (χ0v) is 17.7. The van der Waals surface area contributed by atoms with Crippen molar-refractivity contribution in [3.8, 4) is 17.3 Å². The largest absolute Gasteiger partial charge is 0.472 e. The number of halogens is 4. The standard InChI is InChI=1S/C24H18F4N4O2/c25-15-5-1-4-14(19(15)21-29-8-3-9-30-21)22(33)32-12-13-10-23(13)11-16(20(23)32)34-18-7-2-6-17(31-18)24(26,27)28/h1-9,13,16,20H,10-12H2. The van der Waals surface area contributed by atoms with Crippen molar-refractivity contribution in [1.29, 1.82) is 0 Å². The number of likely N-dealkylation sites (tertiary alicyclic amines) is 1. The van der Waals surface area contributed by atoms with Gasteiger partial charge in [0.25, 0.3) is 5.91 Å². The first-order valence-corrected chi connectivity index (χ1v) is 10.9. The van der Waals surface area contributed by atoms with Gasteiger partial charge >= 0.3 is 6.18 Å². The summed E-state index contributed by atoms with van der Waals surface area (Å²) in [4.78, 5) is 27.1. The Labute approximate surface area is 191 Å². The number of ether oxygens (including phenoxy) is 1. The van der Waals surface area contributed by atoms with E-state index >= 15 is 0 Å². The van der Waals surface area contributed by atoms with Crippen molar-refractivity contribution in [2.45, 2.75) is 31.2 Å². The number of nitrogens with zero attached hydrogens (tertiary/aromatic N) is 4. The molecule has 2 aliphatic carbocycles. The zero-order chi connectivity index (χ0) is 23.7. The zero-order valence-electron chi connectivity index (χ0n) is 17.7. The van der Waals surface area contributed by atoms with Gasteiger partial charge in [0.1, 0.15) is 17.6 Å². The number of amides is 1. The highest BCUT2D eigenvalue weighted by Crippen LogP contribution is 2.71. The topological polar surface area (TPSA) is 68.2 Å². The van der Waals surface area contributed by atoms with E-state index in [-0.39, 0.29) is 40.2 Å². The maximum atomic E-state index is 14.8. The van der Waals surface area contributed by atoms with Crippen molar-refractivity contribution in [3.05, 3.63) is 71.9 Å². The summed E-state index contributed by atoms with van der Waals surface area (Å²) in [6.45, 7) is 0.491. The van der Waals surface area contributed by atoms with E-state index in [0.717, 1.165) is 12.5 Å². The summed E-state index contributed by atoms with van der Waals surface area (Å²) in [7, 11) is 0. The Bertz CT molecular complexity index is 1290. The second-order valence-electron chi connectivity index (χ2n) is 8.99. The number of piperidine rings is 1. The third-order valence-corrected chi connectivity index (χ3v) is 7.14. The van der Waals surface area contributed by atoms with Crippen molar-refractivity contribution in [2.75, 3.05) is 6.54 Å². The lowest BCUT2D eigenvalue weighted by Crippen LogP contribution is -2.59. The minimum atomic E-state index is -4.58. The summed E-state index contributed by atoms with van der Waals surface area (Å²) >= 11 is 0. The molecule has 10 heteroatoms. The molecule has 1 aromatic carbocycles. The van der Waals surface area contributed by atoms with Crippen molar-refractivity contribution in [1.82, 2.24) is 19.9 Å². The smallest absolute Gasteiger partial charge is 0.433 e. The molecule has 1 aliphatic heterocycles. The maximum Gasteiger partial charge on any atom is 0.433 e. The monoisotopic (exact) mass is 470 g/mol. The van der Waals surface area contributed by atoms with Crippen LogP contribution in [0, 0.1) is 17.2 Å². The number of alkyl halides is 3. The van der Waals surface area contributed by atoms with Crippen molar-refractivity contribution in [3.63, 3.8) is 0 Å². The molecular formula is C24H18F4N4O2. The Balaban J connectivity index is 1.29. The summed E-state index contributed by atoms with van der Waals surface area (Å²) in [6, 6.07) is 9.05. The normalized spacial score (nSPS) is 26.9. The number of aromatic nitrogens is 3. The van der Waals surface area contributed by atoms with Crippen LogP contribution in [-0.2, 0) is 6.18 Å². The van der Waals surface area contributed by atoms with Crippen LogP contribution in [0.3, 0.4) is 0 Å². The minimum absolute atomic E-state index is 0.0269. The number of rotatable bonds is 4. The fraction of sp³-hybridized carbons (Fsp3) is 0.333. The highest BCUT2D eigenvalue weighted by Gasteiger charge is 2.76. The predicted octanol–water partition coefficient (Wildman–Crippen LogP) is 4.38. The Morgan fingerprint density at radius 1 is 1.06 bits per heavy atom. The van der Waals surface area contributed by atoms with E-state index in [1.165, 1.54) is 42.7 Å². The first kappa shape index (κ1) is 21.0. The van der Waals surface area contributed by atoms with Gasteiger partial charge in [-0.25, -0.2) is 19.3 Å². The highest BCUT2D eigenvalue weighted by molar-refractivity contribution is 6.01. The first-order valence-electron chi connectivity index (χ1n) is 10.9. The van der Waals surface area contributed by atoms with E-state index < -0.39 is 23.8 Å². The fourth-order valence-corrected chi connectivity index (χ4v) is 5.56. The Morgan fingerprint density at radius 3 is 2.59 bits per heavy atom. The van der Waals surface area contributed by atoms with Crippen LogP contribution in [0.25, 0.3) is 11.4 Å². The van der Waals surface area contributed by atoms with E-state index in [9.17, 15) is 22.4 Å². The molecule has 0 N–H and O–H groups in total. The number of benzene rings is 1. The van der Waals surface area contributed by atoms with Gasteiger partial charge < -0.3 is 9.64 Å². The number of carbonyl (C=O) groups is 1. The van der Waals surface area contributed by atoms with Crippen LogP contribution in [0.5, 0.6) is 5.88 Å². The summed E-state index contributed by atoms with van der Waals surface area (Å²) in [5.41, 5.74) is -0.946. The molecule has 3 aromatic rings. The molecule has 2 saturated carbocycles. The molecule has 4 atom stereocenters. The molecule has 3 aliphatic rings. The van der Waals surface area contributed by atoms with E-state index in [2.05, 4.69) is 15.0 Å². The van der Waals surface area contributed by atoms with Crippen LogP contribution in [0.2, 0.25) is 0 Å². The lowest BCUT2D eigenvalue weighted by Gasteiger charge is -2.47. The molecular weight excluding hydrogens is 452 g/mol. The van der Waals surface area contributed by atoms with Crippen LogP contribution in [0.15, 0.2) is 54.9 Å². The summed E-state index contributed by atoms with van der Waals surface area (Å²) < 4.78 is 59.7.